The van der Waals surface area contributed by atoms with Crippen LogP contribution in [-0.4, -0.2) is 5.66 Å². The van der Waals surface area contributed by atoms with Crippen LogP contribution in [0.5, 0.6) is 0 Å². The zero-order valence-corrected chi connectivity index (χ0v) is 12.9. The van der Waals surface area contributed by atoms with Crippen molar-refractivity contribution < 1.29 is 4.57 Å². The molecule has 1 heterocycles. The summed E-state index contributed by atoms with van der Waals surface area (Å²) in [7, 11) is -2.67. The van der Waals surface area contributed by atoms with E-state index in [2.05, 4.69) is 12.3 Å². The predicted octanol–water partition coefficient (Wildman–Crippen LogP) is 4.97. The molecule has 1 aromatic carbocycles. The zero-order chi connectivity index (χ0) is 13.9. The van der Waals surface area contributed by atoms with Gasteiger partial charge in [0.25, 0.3) is 0 Å². The normalized spacial score (nSPS) is 13.8. The fraction of sp³-hybridized carbons (Fsp3) is 0.188. The summed E-state index contributed by atoms with van der Waals surface area (Å²) >= 11 is 1.54. The molecule has 0 bridgehead atoms. The van der Waals surface area contributed by atoms with Gasteiger partial charge in [-0.2, -0.15) is 0 Å². The van der Waals surface area contributed by atoms with Crippen LogP contribution in [0.25, 0.3) is 5.31 Å². The van der Waals surface area contributed by atoms with E-state index < -0.39 is 7.14 Å². The molecule has 0 saturated heterocycles. The van der Waals surface area contributed by atoms with Crippen molar-refractivity contribution >= 4 is 28.4 Å². The van der Waals surface area contributed by atoms with E-state index in [4.69, 9.17) is 0 Å². The van der Waals surface area contributed by atoms with Crippen molar-refractivity contribution in [2.45, 2.75) is 19.5 Å². The van der Waals surface area contributed by atoms with Gasteiger partial charge in [0, 0.05) is 5.66 Å². The van der Waals surface area contributed by atoms with Crippen LogP contribution in [0, 0.1) is 0 Å². The summed E-state index contributed by atoms with van der Waals surface area (Å²) in [6, 6.07) is 13.7. The Balaban J connectivity index is 2.64. The molecule has 1 nitrogen and oxygen atoms in total. The molecule has 0 unspecified atom stereocenters. The number of rotatable bonds is 4. The Morgan fingerprint density at radius 1 is 1.21 bits per heavy atom. The third-order valence-electron chi connectivity index (χ3n) is 3.11. The van der Waals surface area contributed by atoms with E-state index >= 15 is 0 Å². The van der Waals surface area contributed by atoms with Crippen LogP contribution in [0.1, 0.15) is 19.4 Å². The maximum Gasteiger partial charge on any atom is 0.163 e. The molecule has 0 amide bonds. The van der Waals surface area contributed by atoms with Crippen LogP contribution < -0.4 is 4.62 Å². The third kappa shape index (κ3) is 2.53. The van der Waals surface area contributed by atoms with E-state index in [1.54, 1.807) is 11.3 Å². The summed E-state index contributed by atoms with van der Waals surface area (Å²) in [5.41, 5.74) is 3.92. The molecule has 2 aromatic rings. The highest BCUT2D eigenvalue weighted by Gasteiger charge is 2.34. The highest BCUT2D eigenvalue weighted by Crippen LogP contribution is 2.61. The van der Waals surface area contributed by atoms with E-state index in [-0.39, 0.29) is 5.66 Å². The first-order valence-corrected chi connectivity index (χ1v) is 8.86. The molecule has 19 heavy (non-hydrogen) atoms. The summed E-state index contributed by atoms with van der Waals surface area (Å²) in [4.78, 5) is 0. The summed E-state index contributed by atoms with van der Waals surface area (Å²) in [6.07, 6.45) is 0. The maximum atomic E-state index is 13.6. The number of hydrogen-bond donors (Lipinski definition) is 0. The lowest BCUT2D eigenvalue weighted by Crippen LogP contribution is -2.10. The smallest absolute Gasteiger partial charge is 0.163 e. The number of thiophene rings is 1. The second-order valence-corrected chi connectivity index (χ2v) is 9.12. The average molecular weight is 288 g/mol. The van der Waals surface area contributed by atoms with Gasteiger partial charge in [-0.3, -0.25) is 0 Å². The van der Waals surface area contributed by atoms with Gasteiger partial charge in [-0.15, -0.1) is 17.1 Å². The van der Waals surface area contributed by atoms with Crippen molar-refractivity contribution in [3.05, 3.63) is 65.7 Å². The Hall–Kier alpha value is -1.33. The average Bonchev–Trinajstić information content (AvgIpc) is 2.94. The van der Waals surface area contributed by atoms with Gasteiger partial charge < -0.3 is 4.57 Å². The highest BCUT2D eigenvalue weighted by atomic mass is 32.1. The Kier molecular flexibility index (Phi) is 4.27. The quantitative estimate of drug-likeness (QED) is 0.573. The van der Waals surface area contributed by atoms with Gasteiger partial charge in [-0.05, 0) is 17.0 Å². The van der Waals surface area contributed by atoms with Crippen molar-refractivity contribution in [2.24, 2.45) is 0 Å². The second-order valence-electron chi connectivity index (χ2n) is 4.59. The fourth-order valence-electron chi connectivity index (χ4n) is 2.09. The molecule has 0 radical (unpaired) electrons. The van der Waals surface area contributed by atoms with Crippen molar-refractivity contribution in [1.82, 2.24) is 0 Å². The molecule has 98 valence electrons. The minimum absolute atomic E-state index is 0.0376. The minimum atomic E-state index is -2.67. The van der Waals surface area contributed by atoms with Crippen LogP contribution in [0.2, 0.25) is 0 Å². The molecule has 0 saturated carbocycles. The van der Waals surface area contributed by atoms with Gasteiger partial charge in [0.1, 0.15) is 0 Å². The van der Waals surface area contributed by atoms with E-state index in [1.165, 1.54) is 0 Å². The van der Waals surface area contributed by atoms with Crippen molar-refractivity contribution in [3.63, 3.8) is 0 Å². The molecule has 0 aliphatic rings. The molecule has 1 aromatic heterocycles. The lowest BCUT2D eigenvalue weighted by Gasteiger charge is -2.23. The molecule has 0 spiro atoms. The molecule has 3 heteroatoms. The molecular weight excluding hydrogens is 271 g/mol. The largest absolute Gasteiger partial charge is 0.312 e. The first-order chi connectivity index (χ1) is 9.10. The van der Waals surface area contributed by atoms with Crippen LogP contribution in [-0.2, 0) is 4.57 Å². The monoisotopic (exact) mass is 288 g/mol. The first kappa shape index (κ1) is 14.1. The number of hydrogen-bond acceptors (Lipinski definition) is 2. The van der Waals surface area contributed by atoms with Crippen molar-refractivity contribution in [1.29, 1.82) is 0 Å². The van der Waals surface area contributed by atoms with Gasteiger partial charge >= 0.3 is 0 Å². The molecule has 1 atom stereocenters. The summed E-state index contributed by atoms with van der Waals surface area (Å²) < 4.78 is 14.5. The second kappa shape index (κ2) is 5.75. The van der Waals surface area contributed by atoms with Gasteiger partial charge in [0.05, 0.1) is 9.93 Å². The summed E-state index contributed by atoms with van der Waals surface area (Å²) in [5.74, 6) is 0. The maximum absolute atomic E-state index is 13.6. The summed E-state index contributed by atoms with van der Waals surface area (Å²) in [5, 5.41) is 2.71. The summed E-state index contributed by atoms with van der Waals surface area (Å²) in [6.45, 7) is 7.77. The Bertz CT molecular complexity index is 635. The standard InChI is InChI=1S/C16H17OPS/c1-4-15(14-9-6-5-7-10-14)18(17,13(2)3)16-11-8-12-19-16/h5-13H,1H2,2-3H3/t18-/m1/s1. The molecule has 0 N–H and O–H groups in total. The van der Waals surface area contributed by atoms with Crippen LogP contribution in [0.3, 0.4) is 0 Å². The number of benzene rings is 1. The molecule has 2 rings (SSSR count). The molecule has 0 aliphatic heterocycles. The SMILES string of the molecule is C=C=C(c1ccccc1)[P@@](=O)(c1cccs1)C(C)C. The van der Waals surface area contributed by atoms with E-state index in [0.717, 1.165) is 15.5 Å². The van der Waals surface area contributed by atoms with Gasteiger partial charge in [0.2, 0.25) is 0 Å². The fourth-order valence-corrected chi connectivity index (χ4v) is 6.58. The highest BCUT2D eigenvalue weighted by molar-refractivity contribution is 7.85. The molecular formula is C16H17OPS. The van der Waals surface area contributed by atoms with Gasteiger partial charge in [-0.1, -0.05) is 56.8 Å². The van der Waals surface area contributed by atoms with Crippen molar-refractivity contribution in [2.75, 3.05) is 0 Å². The first-order valence-electron chi connectivity index (χ1n) is 6.20. The third-order valence-corrected chi connectivity index (χ3v) is 8.25. The Labute approximate surface area is 118 Å². The Morgan fingerprint density at radius 3 is 2.37 bits per heavy atom. The Morgan fingerprint density at radius 2 is 1.89 bits per heavy atom. The van der Waals surface area contributed by atoms with E-state index in [1.807, 2.05) is 61.7 Å². The van der Waals surface area contributed by atoms with E-state index in [0.29, 0.717) is 0 Å². The lowest BCUT2D eigenvalue weighted by atomic mass is 10.2. The van der Waals surface area contributed by atoms with Crippen LogP contribution in [0.15, 0.2) is 60.2 Å². The lowest BCUT2D eigenvalue weighted by molar-refractivity contribution is 0.582. The van der Waals surface area contributed by atoms with Gasteiger partial charge in [-0.25, -0.2) is 0 Å². The van der Waals surface area contributed by atoms with Gasteiger partial charge in [0.15, 0.2) is 7.14 Å². The molecule has 0 fully saturated rings. The molecule has 0 aliphatic carbocycles. The predicted molar refractivity (Wildman–Crippen MR) is 85.7 cm³/mol. The minimum Gasteiger partial charge on any atom is -0.312 e. The van der Waals surface area contributed by atoms with E-state index in [9.17, 15) is 4.57 Å². The van der Waals surface area contributed by atoms with Crippen LogP contribution in [0.4, 0.5) is 0 Å². The zero-order valence-electron chi connectivity index (χ0n) is 11.2. The van der Waals surface area contributed by atoms with Crippen molar-refractivity contribution in [3.8, 4) is 0 Å². The topological polar surface area (TPSA) is 17.1 Å². The van der Waals surface area contributed by atoms with Crippen LogP contribution >= 0.6 is 18.5 Å².